The van der Waals surface area contributed by atoms with Crippen molar-refractivity contribution < 1.29 is 4.74 Å². The topological polar surface area (TPSA) is 9.23 Å². The van der Waals surface area contributed by atoms with E-state index in [1.807, 2.05) is 6.08 Å². The van der Waals surface area contributed by atoms with E-state index in [0.717, 1.165) is 18.4 Å². The second kappa shape index (κ2) is 4.27. The number of ether oxygens (including phenoxy) is 1. The molecule has 1 heterocycles. The van der Waals surface area contributed by atoms with Gasteiger partial charge in [0.15, 0.2) is 0 Å². The first-order chi connectivity index (χ1) is 5.33. The molecule has 1 aliphatic heterocycles. The number of alkyl halides is 1. The van der Waals surface area contributed by atoms with Crippen LogP contribution in [0.1, 0.15) is 25.7 Å². The molecule has 0 aromatic heterocycles. The van der Waals surface area contributed by atoms with Crippen molar-refractivity contribution in [2.75, 3.05) is 11.9 Å². The maximum atomic E-state index is 5.74. The van der Waals surface area contributed by atoms with Gasteiger partial charge in [-0.2, -0.15) is 0 Å². The van der Waals surface area contributed by atoms with Gasteiger partial charge < -0.3 is 4.74 Å². The van der Waals surface area contributed by atoms with Gasteiger partial charge in [-0.25, -0.2) is 0 Å². The smallest absolute Gasteiger partial charge is 0.0812 e. The third-order valence-electron chi connectivity index (χ3n) is 2.19. The van der Waals surface area contributed by atoms with E-state index in [9.17, 15) is 0 Å². The molecule has 1 saturated heterocycles. The van der Waals surface area contributed by atoms with Gasteiger partial charge in [0.1, 0.15) is 0 Å². The predicted molar refractivity (Wildman–Crippen MR) is 51.1 cm³/mol. The molecule has 0 aromatic rings. The highest BCUT2D eigenvalue weighted by Gasteiger charge is 2.30. The fraction of sp³-hybridized carbons (Fsp3) is 0.778. The minimum absolute atomic E-state index is 0.0694. The van der Waals surface area contributed by atoms with Crippen molar-refractivity contribution in [2.24, 2.45) is 0 Å². The van der Waals surface area contributed by atoms with Gasteiger partial charge in [0.05, 0.1) is 5.60 Å². The van der Waals surface area contributed by atoms with E-state index in [2.05, 4.69) is 22.5 Å². The average molecular weight is 219 g/mol. The van der Waals surface area contributed by atoms with E-state index in [-0.39, 0.29) is 5.60 Å². The van der Waals surface area contributed by atoms with Gasteiger partial charge in [0.2, 0.25) is 0 Å². The van der Waals surface area contributed by atoms with Gasteiger partial charge in [0, 0.05) is 11.9 Å². The second-order valence-corrected chi connectivity index (χ2v) is 3.68. The van der Waals surface area contributed by atoms with Crippen molar-refractivity contribution in [1.82, 2.24) is 0 Å². The molecule has 1 aliphatic rings. The van der Waals surface area contributed by atoms with Gasteiger partial charge in [-0.05, 0) is 25.7 Å². The molecule has 0 bridgehead atoms. The summed E-state index contributed by atoms with van der Waals surface area (Å²) < 4.78 is 5.74. The third kappa shape index (κ3) is 2.31. The summed E-state index contributed by atoms with van der Waals surface area (Å²) in [5.41, 5.74) is 0.0694. The lowest BCUT2D eigenvalue weighted by molar-refractivity contribution is -0.0579. The van der Waals surface area contributed by atoms with Gasteiger partial charge >= 0.3 is 0 Å². The van der Waals surface area contributed by atoms with Crippen LogP contribution in [0.5, 0.6) is 0 Å². The third-order valence-corrected chi connectivity index (χ3v) is 3.22. The first-order valence-corrected chi connectivity index (χ1v) is 5.26. The largest absolute Gasteiger partial charge is 0.374 e. The lowest BCUT2D eigenvalue weighted by Gasteiger charge is -2.35. The Morgan fingerprint density at radius 1 is 1.55 bits per heavy atom. The maximum Gasteiger partial charge on any atom is 0.0812 e. The zero-order valence-corrected chi connectivity index (χ0v) is 8.40. The molecule has 0 radical (unpaired) electrons. The quantitative estimate of drug-likeness (QED) is 0.523. The molecule has 0 saturated carbocycles. The Hall–Kier alpha value is 0.180. The van der Waals surface area contributed by atoms with Gasteiger partial charge in [-0.15, -0.1) is 6.58 Å². The lowest BCUT2D eigenvalue weighted by atomic mass is 9.93. The van der Waals surface area contributed by atoms with E-state index in [4.69, 9.17) is 4.74 Å². The summed E-state index contributed by atoms with van der Waals surface area (Å²) in [5.74, 6) is 0. The number of rotatable bonds is 3. The van der Waals surface area contributed by atoms with Crippen LogP contribution in [0.4, 0.5) is 0 Å². The fourth-order valence-electron chi connectivity index (χ4n) is 1.49. The molecular formula is C9H15BrO. The van der Waals surface area contributed by atoms with E-state index in [0.29, 0.717) is 0 Å². The van der Waals surface area contributed by atoms with Crippen LogP contribution < -0.4 is 0 Å². The van der Waals surface area contributed by atoms with E-state index >= 15 is 0 Å². The molecule has 11 heavy (non-hydrogen) atoms. The van der Waals surface area contributed by atoms with E-state index < -0.39 is 0 Å². The molecule has 1 unspecified atom stereocenters. The Morgan fingerprint density at radius 2 is 2.36 bits per heavy atom. The van der Waals surface area contributed by atoms with Crippen LogP contribution in [0.15, 0.2) is 12.7 Å². The molecule has 64 valence electrons. The Kier molecular flexibility index (Phi) is 3.60. The highest BCUT2D eigenvalue weighted by molar-refractivity contribution is 9.09. The van der Waals surface area contributed by atoms with Gasteiger partial charge in [-0.1, -0.05) is 22.0 Å². The molecule has 0 aliphatic carbocycles. The first kappa shape index (κ1) is 9.27. The van der Waals surface area contributed by atoms with Crippen LogP contribution in [0.25, 0.3) is 0 Å². The van der Waals surface area contributed by atoms with Crippen LogP contribution in [-0.4, -0.2) is 17.5 Å². The lowest BCUT2D eigenvalue weighted by Crippen LogP contribution is -2.37. The Bertz CT molecular complexity index is 128. The summed E-state index contributed by atoms with van der Waals surface area (Å²) >= 11 is 3.50. The minimum Gasteiger partial charge on any atom is -0.374 e. The summed E-state index contributed by atoms with van der Waals surface area (Å²) in [6.07, 6.45) is 6.60. The Morgan fingerprint density at radius 3 is 2.82 bits per heavy atom. The normalized spacial score (nSPS) is 31.7. The van der Waals surface area contributed by atoms with Gasteiger partial charge in [-0.3, -0.25) is 0 Å². The zero-order chi connectivity index (χ0) is 8.16. The van der Waals surface area contributed by atoms with Crippen molar-refractivity contribution in [2.45, 2.75) is 31.3 Å². The summed E-state index contributed by atoms with van der Waals surface area (Å²) in [6, 6.07) is 0. The molecule has 1 atom stereocenters. The fourth-order valence-corrected chi connectivity index (χ4v) is 2.17. The predicted octanol–water partition coefficient (Wildman–Crippen LogP) is 2.90. The Balaban J connectivity index is 2.49. The summed E-state index contributed by atoms with van der Waals surface area (Å²) in [6.45, 7) is 4.66. The average Bonchev–Trinajstić information content (AvgIpc) is 2.07. The summed E-state index contributed by atoms with van der Waals surface area (Å²) in [7, 11) is 0. The molecule has 1 fully saturated rings. The van der Waals surface area contributed by atoms with Crippen molar-refractivity contribution in [1.29, 1.82) is 0 Å². The van der Waals surface area contributed by atoms with E-state index in [1.165, 1.54) is 19.3 Å². The highest BCUT2D eigenvalue weighted by atomic mass is 79.9. The van der Waals surface area contributed by atoms with Crippen molar-refractivity contribution in [3.8, 4) is 0 Å². The van der Waals surface area contributed by atoms with Crippen molar-refractivity contribution >= 4 is 15.9 Å². The second-order valence-electron chi connectivity index (χ2n) is 3.12. The van der Waals surface area contributed by atoms with Crippen LogP contribution in [0.2, 0.25) is 0 Å². The maximum absolute atomic E-state index is 5.74. The molecule has 0 aromatic carbocycles. The van der Waals surface area contributed by atoms with Crippen molar-refractivity contribution in [3.63, 3.8) is 0 Å². The number of halogens is 1. The van der Waals surface area contributed by atoms with Crippen LogP contribution in [0, 0.1) is 0 Å². The molecule has 0 spiro atoms. The standard InChI is InChI=1S/C9H15BrO/c1-2-5-9(8-10)6-3-4-7-11-9/h2H,1,3-8H2. The van der Waals surface area contributed by atoms with Crippen LogP contribution >= 0.6 is 15.9 Å². The molecule has 1 nitrogen and oxygen atoms in total. The summed E-state index contributed by atoms with van der Waals surface area (Å²) in [5, 5.41) is 0.937. The molecule has 0 amide bonds. The highest BCUT2D eigenvalue weighted by Crippen LogP contribution is 2.30. The monoisotopic (exact) mass is 218 g/mol. The van der Waals surface area contributed by atoms with Crippen LogP contribution in [-0.2, 0) is 4.74 Å². The van der Waals surface area contributed by atoms with E-state index in [1.54, 1.807) is 0 Å². The summed E-state index contributed by atoms with van der Waals surface area (Å²) in [4.78, 5) is 0. The number of hydrogen-bond acceptors (Lipinski definition) is 1. The zero-order valence-electron chi connectivity index (χ0n) is 6.81. The van der Waals surface area contributed by atoms with Crippen LogP contribution in [0.3, 0.4) is 0 Å². The SMILES string of the molecule is C=CCC1(CBr)CCCCO1. The molecule has 1 rings (SSSR count). The molecule has 0 N–H and O–H groups in total. The molecular weight excluding hydrogens is 204 g/mol. The number of hydrogen-bond donors (Lipinski definition) is 0. The Labute approximate surface area is 76.9 Å². The van der Waals surface area contributed by atoms with Crippen molar-refractivity contribution in [3.05, 3.63) is 12.7 Å². The van der Waals surface area contributed by atoms with Gasteiger partial charge in [0.25, 0.3) is 0 Å². The minimum atomic E-state index is 0.0694. The molecule has 2 heteroatoms. The first-order valence-electron chi connectivity index (χ1n) is 4.14.